The summed E-state index contributed by atoms with van der Waals surface area (Å²) in [6, 6.07) is 11.9. The molecule has 1 atom stereocenters. The summed E-state index contributed by atoms with van der Waals surface area (Å²) in [7, 11) is -3.54. The Balaban J connectivity index is 1.78. The monoisotopic (exact) mass is 581 g/mol. The lowest BCUT2D eigenvalue weighted by molar-refractivity contribution is -0.141. The van der Waals surface area contributed by atoms with Gasteiger partial charge in [-0.05, 0) is 68.0 Å². The van der Waals surface area contributed by atoms with E-state index in [1.54, 1.807) is 35.2 Å². The number of anilines is 1. The van der Waals surface area contributed by atoms with Crippen molar-refractivity contribution in [3.63, 3.8) is 0 Å². The summed E-state index contributed by atoms with van der Waals surface area (Å²) in [5, 5.41) is 3.92. The van der Waals surface area contributed by atoms with E-state index in [1.165, 1.54) is 4.31 Å². The SMILES string of the molecule is CC[C@H](C(=O)NC1CCCC1)N(Cc1ccc(Cl)c(Cl)c1)C(=O)CCCN(c1cccc(C)c1)S(C)(=O)=O. The van der Waals surface area contributed by atoms with E-state index in [0.717, 1.165) is 43.1 Å². The summed E-state index contributed by atoms with van der Waals surface area (Å²) >= 11 is 12.3. The number of sulfonamides is 1. The average molecular weight is 583 g/mol. The van der Waals surface area contributed by atoms with Crippen molar-refractivity contribution in [1.82, 2.24) is 10.2 Å². The smallest absolute Gasteiger partial charge is 0.243 e. The lowest BCUT2D eigenvalue weighted by Gasteiger charge is -2.32. The first kappa shape index (κ1) is 30.3. The quantitative estimate of drug-likeness (QED) is 0.347. The third-order valence-electron chi connectivity index (χ3n) is 6.87. The molecule has 10 heteroatoms. The van der Waals surface area contributed by atoms with Crippen LogP contribution in [0.25, 0.3) is 0 Å². The van der Waals surface area contributed by atoms with Crippen LogP contribution in [0.1, 0.15) is 63.0 Å². The number of nitrogens with zero attached hydrogens (tertiary/aromatic N) is 2. The van der Waals surface area contributed by atoms with E-state index in [1.807, 2.05) is 26.0 Å². The molecule has 1 fully saturated rings. The molecule has 7 nitrogen and oxygen atoms in total. The molecule has 38 heavy (non-hydrogen) atoms. The van der Waals surface area contributed by atoms with Gasteiger partial charge in [0.05, 0.1) is 22.0 Å². The largest absolute Gasteiger partial charge is 0.352 e. The predicted octanol–water partition coefficient (Wildman–Crippen LogP) is 5.71. The minimum absolute atomic E-state index is 0.0896. The molecular formula is C28H37Cl2N3O4S. The third kappa shape index (κ3) is 8.35. The van der Waals surface area contributed by atoms with E-state index in [4.69, 9.17) is 23.2 Å². The van der Waals surface area contributed by atoms with Gasteiger partial charge >= 0.3 is 0 Å². The Bertz CT molecular complexity index is 1230. The number of carbonyl (C=O) groups excluding carboxylic acids is 2. The first-order chi connectivity index (χ1) is 18.0. The van der Waals surface area contributed by atoms with Crippen molar-refractivity contribution in [2.24, 2.45) is 0 Å². The fourth-order valence-corrected chi connectivity index (χ4v) is 6.19. The molecule has 208 valence electrons. The number of halogens is 2. The van der Waals surface area contributed by atoms with Gasteiger partial charge in [-0.3, -0.25) is 13.9 Å². The second kappa shape index (κ2) is 13.7. The Hall–Kier alpha value is -2.29. The summed E-state index contributed by atoms with van der Waals surface area (Å²) in [6.45, 7) is 4.13. The van der Waals surface area contributed by atoms with Crippen LogP contribution in [0.15, 0.2) is 42.5 Å². The van der Waals surface area contributed by atoms with Crippen LogP contribution >= 0.6 is 23.2 Å². The Morgan fingerprint density at radius 2 is 1.79 bits per heavy atom. The van der Waals surface area contributed by atoms with E-state index in [-0.39, 0.29) is 37.4 Å². The Kier molecular flexibility index (Phi) is 10.9. The van der Waals surface area contributed by atoms with Gasteiger partial charge in [0.15, 0.2) is 0 Å². The maximum absolute atomic E-state index is 13.6. The van der Waals surface area contributed by atoms with Crippen LogP contribution in [0.4, 0.5) is 5.69 Å². The van der Waals surface area contributed by atoms with Gasteiger partial charge in [0.25, 0.3) is 0 Å². The zero-order chi connectivity index (χ0) is 27.9. The predicted molar refractivity (Wildman–Crippen MR) is 154 cm³/mol. The molecule has 2 aromatic carbocycles. The number of carbonyl (C=O) groups is 2. The summed E-state index contributed by atoms with van der Waals surface area (Å²) < 4.78 is 26.4. The molecule has 0 heterocycles. The summed E-state index contributed by atoms with van der Waals surface area (Å²) in [4.78, 5) is 28.4. The fourth-order valence-electron chi connectivity index (χ4n) is 4.91. The minimum atomic E-state index is -3.54. The first-order valence-corrected chi connectivity index (χ1v) is 15.7. The second-order valence-corrected chi connectivity index (χ2v) is 12.7. The summed E-state index contributed by atoms with van der Waals surface area (Å²) in [5.74, 6) is -0.382. The summed E-state index contributed by atoms with van der Waals surface area (Å²) in [5.41, 5.74) is 2.27. The molecule has 1 N–H and O–H groups in total. The molecule has 1 saturated carbocycles. The number of amides is 2. The number of aryl methyl sites for hydroxylation is 1. The van der Waals surface area contributed by atoms with E-state index < -0.39 is 16.1 Å². The third-order valence-corrected chi connectivity index (χ3v) is 8.80. The molecule has 2 aromatic rings. The van der Waals surface area contributed by atoms with Gasteiger partial charge < -0.3 is 10.2 Å². The molecule has 0 spiro atoms. The molecule has 0 aliphatic heterocycles. The molecule has 0 unspecified atom stereocenters. The number of rotatable bonds is 12. The van der Waals surface area contributed by atoms with Crippen LogP contribution in [0, 0.1) is 6.92 Å². The van der Waals surface area contributed by atoms with Crippen LogP contribution in [0.2, 0.25) is 10.0 Å². The van der Waals surface area contributed by atoms with Crippen molar-refractivity contribution >= 4 is 50.7 Å². The zero-order valence-electron chi connectivity index (χ0n) is 22.3. The van der Waals surface area contributed by atoms with Crippen LogP contribution in [0.5, 0.6) is 0 Å². The van der Waals surface area contributed by atoms with Gasteiger partial charge in [0, 0.05) is 25.6 Å². The van der Waals surface area contributed by atoms with Crippen molar-refractivity contribution in [3.8, 4) is 0 Å². The van der Waals surface area contributed by atoms with Gasteiger partial charge in [0.2, 0.25) is 21.8 Å². The molecule has 2 amide bonds. The highest BCUT2D eigenvalue weighted by atomic mass is 35.5. The molecular weight excluding hydrogens is 545 g/mol. The maximum Gasteiger partial charge on any atom is 0.243 e. The molecule has 3 rings (SSSR count). The van der Waals surface area contributed by atoms with Crippen LogP contribution in [-0.2, 0) is 26.2 Å². The molecule has 0 bridgehead atoms. The van der Waals surface area contributed by atoms with E-state index >= 15 is 0 Å². The topological polar surface area (TPSA) is 86.8 Å². The normalized spacial score (nSPS) is 14.8. The van der Waals surface area contributed by atoms with E-state index in [2.05, 4.69) is 5.32 Å². The van der Waals surface area contributed by atoms with Crippen molar-refractivity contribution < 1.29 is 18.0 Å². The molecule has 0 radical (unpaired) electrons. The lowest BCUT2D eigenvalue weighted by Crippen LogP contribution is -2.51. The van der Waals surface area contributed by atoms with Crippen LogP contribution in [0.3, 0.4) is 0 Å². The molecule has 1 aliphatic rings. The van der Waals surface area contributed by atoms with Gasteiger partial charge in [-0.2, -0.15) is 0 Å². The number of hydrogen-bond acceptors (Lipinski definition) is 4. The van der Waals surface area contributed by atoms with Gasteiger partial charge in [-0.25, -0.2) is 8.42 Å². The molecule has 0 saturated heterocycles. The van der Waals surface area contributed by atoms with Crippen molar-refractivity contribution in [3.05, 3.63) is 63.6 Å². The average Bonchev–Trinajstić information content (AvgIpc) is 3.36. The van der Waals surface area contributed by atoms with Crippen LogP contribution in [-0.4, -0.2) is 50.0 Å². The van der Waals surface area contributed by atoms with Crippen LogP contribution < -0.4 is 9.62 Å². The van der Waals surface area contributed by atoms with E-state index in [9.17, 15) is 18.0 Å². The molecule has 0 aromatic heterocycles. The standard InChI is InChI=1S/C28H37Cl2N3O4S/c1-4-26(28(35)31-22-10-5-6-11-22)32(19-21-14-15-24(29)25(30)18-21)27(34)13-8-16-33(38(3,36)37)23-12-7-9-20(2)17-23/h7,9,12,14-15,17-18,22,26H,4-6,8,10-11,13,16,19H2,1-3H3,(H,31,35)/t26-/m1/s1. The number of benzene rings is 2. The fraction of sp³-hybridized carbons (Fsp3) is 0.500. The summed E-state index contributed by atoms with van der Waals surface area (Å²) in [6.07, 6.45) is 6.08. The van der Waals surface area contributed by atoms with Crippen molar-refractivity contribution in [2.45, 2.75) is 77.4 Å². The Labute approximate surface area is 236 Å². The second-order valence-electron chi connectivity index (χ2n) is 9.96. The first-order valence-electron chi connectivity index (χ1n) is 13.1. The Morgan fingerprint density at radius 3 is 2.39 bits per heavy atom. The highest BCUT2D eigenvalue weighted by Gasteiger charge is 2.31. The Morgan fingerprint density at radius 1 is 1.08 bits per heavy atom. The number of hydrogen-bond donors (Lipinski definition) is 1. The van der Waals surface area contributed by atoms with Gasteiger partial charge in [-0.1, -0.05) is 61.2 Å². The van der Waals surface area contributed by atoms with Crippen molar-refractivity contribution in [1.29, 1.82) is 0 Å². The lowest BCUT2D eigenvalue weighted by atomic mass is 10.1. The maximum atomic E-state index is 13.6. The minimum Gasteiger partial charge on any atom is -0.352 e. The van der Waals surface area contributed by atoms with Crippen molar-refractivity contribution in [2.75, 3.05) is 17.1 Å². The highest BCUT2D eigenvalue weighted by molar-refractivity contribution is 7.92. The highest BCUT2D eigenvalue weighted by Crippen LogP contribution is 2.25. The van der Waals surface area contributed by atoms with Gasteiger partial charge in [0.1, 0.15) is 6.04 Å². The number of nitrogens with one attached hydrogen (secondary N) is 1. The zero-order valence-corrected chi connectivity index (χ0v) is 24.6. The van der Waals surface area contributed by atoms with E-state index in [0.29, 0.717) is 28.6 Å². The molecule has 1 aliphatic carbocycles. The van der Waals surface area contributed by atoms with Gasteiger partial charge in [-0.15, -0.1) is 0 Å².